The maximum Gasteiger partial charge on any atom is 0.317 e. The van der Waals surface area contributed by atoms with Gasteiger partial charge in [-0.2, -0.15) is 0 Å². The second kappa shape index (κ2) is 8.61. The molecule has 1 aliphatic carbocycles. The van der Waals surface area contributed by atoms with Gasteiger partial charge < -0.3 is 19.3 Å². The van der Waals surface area contributed by atoms with Crippen molar-refractivity contribution in [3.05, 3.63) is 29.8 Å². The van der Waals surface area contributed by atoms with Crippen LogP contribution in [0.3, 0.4) is 0 Å². The first-order valence-electron chi connectivity index (χ1n) is 10.4. The Bertz CT molecular complexity index is 842. The monoisotopic (exact) mass is 434 g/mol. The molecule has 4 unspecified atom stereocenters. The molecule has 2 rings (SSSR count). The van der Waals surface area contributed by atoms with E-state index in [0.29, 0.717) is 11.3 Å². The van der Waals surface area contributed by atoms with Crippen LogP contribution in [0.1, 0.15) is 66.4 Å². The van der Waals surface area contributed by atoms with E-state index in [2.05, 4.69) is 0 Å². The van der Waals surface area contributed by atoms with E-state index >= 15 is 0 Å². The number of Topliss-reactive ketones (excluding diaryl/α,β-unsaturated/α-hetero) is 1. The minimum atomic E-state index is -1.70. The van der Waals surface area contributed by atoms with Crippen LogP contribution in [-0.2, 0) is 23.9 Å². The third-order valence-electron chi connectivity index (χ3n) is 5.07. The van der Waals surface area contributed by atoms with Crippen molar-refractivity contribution in [2.45, 2.75) is 77.6 Å². The van der Waals surface area contributed by atoms with E-state index in [1.54, 1.807) is 65.8 Å². The lowest BCUT2D eigenvalue weighted by molar-refractivity contribution is -0.182. The van der Waals surface area contributed by atoms with E-state index in [4.69, 9.17) is 14.2 Å². The smallest absolute Gasteiger partial charge is 0.317 e. The third-order valence-corrected chi connectivity index (χ3v) is 5.07. The molecule has 1 fully saturated rings. The predicted octanol–water partition coefficient (Wildman–Crippen LogP) is 3.42. The summed E-state index contributed by atoms with van der Waals surface area (Å²) >= 11 is 0. The lowest BCUT2D eigenvalue weighted by Gasteiger charge is -2.44. The number of benzene rings is 1. The van der Waals surface area contributed by atoms with Crippen LogP contribution in [0.25, 0.3) is 0 Å². The molecule has 4 atom stereocenters. The highest BCUT2D eigenvalue weighted by atomic mass is 16.6. The lowest BCUT2D eigenvalue weighted by Crippen LogP contribution is -2.56. The Kier molecular flexibility index (Phi) is 6.91. The molecule has 0 heterocycles. The number of methoxy groups -OCH3 is 1. The third kappa shape index (κ3) is 6.06. The van der Waals surface area contributed by atoms with Gasteiger partial charge in [-0.1, -0.05) is 12.1 Å². The Labute approximate surface area is 184 Å². The van der Waals surface area contributed by atoms with Gasteiger partial charge in [0.05, 0.1) is 18.6 Å². The van der Waals surface area contributed by atoms with Gasteiger partial charge in [-0.3, -0.25) is 14.4 Å². The fourth-order valence-electron chi connectivity index (χ4n) is 4.00. The number of ether oxygens (including phenoxy) is 3. The Hall–Kier alpha value is -2.41. The number of aliphatic hydroxyl groups is 1. The number of ketones is 1. The first kappa shape index (κ1) is 24.9. The molecule has 0 saturated heterocycles. The van der Waals surface area contributed by atoms with Gasteiger partial charge in [0.25, 0.3) is 0 Å². The molecule has 0 aliphatic heterocycles. The van der Waals surface area contributed by atoms with Gasteiger partial charge in [0.15, 0.2) is 5.78 Å². The average Bonchev–Trinajstić information content (AvgIpc) is 2.56. The van der Waals surface area contributed by atoms with E-state index < -0.39 is 52.3 Å². The average molecular weight is 435 g/mol. The van der Waals surface area contributed by atoms with E-state index in [0.717, 1.165) is 0 Å². The van der Waals surface area contributed by atoms with Crippen LogP contribution < -0.4 is 4.74 Å². The predicted molar refractivity (Wildman–Crippen MR) is 115 cm³/mol. The summed E-state index contributed by atoms with van der Waals surface area (Å²) in [5.41, 5.74) is -2.82. The number of carbonyl (C=O) groups is 3. The normalized spacial score (nSPS) is 26.9. The maximum atomic E-state index is 13.3. The van der Waals surface area contributed by atoms with Gasteiger partial charge in [-0.05, 0) is 66.2 Å². The van der Waals surface area contributed by atoms with Gasteiger partial charge in [-0.15, -0.1) is 0 Å². The van der Waals surface area contributed by atoms with E-state index in [1.807, 2.05) is 0 Å². The molecule has 172 valence electrons. The molecular formula is C24H34O7. The lowest BCUT2D eigenvalue weighted by atomic mass is 9.61. The number of hydrogen-bond acceptors (Lipinski definition) is 7. The van der Waals surface area contributed by atoms with E-state index in [-0.39, 0.29) is 6.42 Å². The fraction of sp³-hybridized carbons (Fsp3) is 0.625. The number of esters is 2. The zero-order valence-corrected chi connectivity index (χ0v) is 19.6. The van der Waals surface area contributed by atoms with Crippen molar-refractivity contribution < 1.29 is 33.7 Å². The quantitative estimate of drug-likeness (QED) is 0.573. The zero-order chi connectivity index (χ0) is 23.8. The fourth-order valence-corrected chi connectivity index (χ4v) is 4.00. The number of carbonyl (C=O) groups excluding carboxylic acids is 3. The summed E-state index contributed by atoms with van der Waals surface area (Å²) in [6, 6.07) is 6.79. The minimum Gasteiger partial charge on any atom is -0.497 e. The Balaban J connectivity index is 2.66. The van der Waals surface area contributed by atoms with Gasteiger partial charge in [0.2, 0.25) is 0 Å². The SMILES string of the molecule is COc1cccc(C2C(C(=O)OC(C)(C)C)C(=O)CC(C)(O)C2C(=O)OC(C)(C)C)c1. The molecule has 1 N–H and O–H groups in total. The van der Waals surface area contributed by atoms with Crippen LogP contribution in [0.4, 0.5) is 0 Å². The minimum absolute atomic E-state index is 0.360. The molecule has 7 heteroatoms. The number of hydrogen-bond donors (Lipinski definition) is 1. The highest BCUT2D eigenvalue weighted by molar-refractivity contribution is 6.03. The van der Waals surface area contributed by atoms with Crippen molar-refractivity contribution >= 4 is 17.7 Å². The molecule has 0 amide bonds. The number of rotatable bonds is 4. The molecule has 1 aromatic rings. The van der Waals surface area contributed by atoms with Crippen LogP contribution in [0.15, 0.2) is 24.3 Å². The van der Waals surface area contributed by atoms with Crippen LogP contribution in [-0.4, -0.2) is 46.7 Å². The Morgan fingerprint density at radius 1 is 1.03 bits per heavy atom. The molecule has 0 radical (unpaired) electrons. The maximum absolute atomic E-state index is 13.3. The summed E-state index contributed by atoms with van der Waals surface area (Å²) in [7, 11) is 1.50. The second-order valence-electron chi connectivity index (χ2n) is 10.3. The molecule has 31 heavy (non-hydrogen) atoms. The summed E-state index contributed by atoms with van der Waals surface area (Å²) in [6.07, 6.45) is -0.360. The van der Waals surface area contributed by atoms with Crippen LogP contribution in [0, 0.1) is 11.8 Å². The van der Waals surface area contributed by atoms with Gasteiger partial charge in [0, 0.05) is 12.3 Å². The topological polar surface area (TPSA) is 99.1 Å². The molecule has 7 nitrogen and oxygen atoms in total. The first-order valence-corrected chi connectivity index (χ1v) is 10.4. The van der Waals surface area contributed by atoms with E-state index in [9.17, 15) is 19.5 Å². The van der Waals surface area contributed by atoms with Crippen LogP contribution in [0.5, 0.6) is 5.75 Å². The van der Waals surface area contributed by atoms with Crippen molar-refractivity contribution in [1.82, 2.24) is 0 Å². The molecule has 0 aromatic heterocycles. The summed E-state index contributed by atoms with van der Waals surface area (Å²) in [5, 5.41) is 11.2. The van der Waals surface area contributed by atoms with Gasteiger partial charge >= 0.3 is 11.9 Å². The molecule has 0 bridgehead atoms. The highest BCUT2D eigenvalue weighted by Crippen LogP contribution is 2.47. The molecule has 1 aliphatic rings. The summed E-state index contributed by atoms with van der Waals surface area (Å²) in [5.74, 6) is -4.78. The van der Waals surface area contributed by atoms with Crippen LogP contribution >= 0.6 is 0 Å². The summed E-state index contributed by atoms with van der Waals surface area (Å²) in [4.78, 5) is 39.5. The van der Waals surface area contributed by atoms with Crippen molar-refractivity contribution in [3.63, 3.8) is 0 Å². The second-order valence-corrected chi connectivity index (χ2v) is 10.3. The zero-order valence-electron chi connectivity index (χ0n) is 19.6. The van der Waals surface area contributed by atoms with Crippen molar-refractivity contribution in [3.8, 4) is 5.75 Å². The molecule has 1 aromatic carbocycles. The van der Waals surface area contributed by atoms with Crippen molar-refractivity contribution in [1.29, 1.82) is 0 Å². The Morgan fingerprint density at radius 3 is 2.10 bits per heavy atom. The molecule has 0 spiro atoms. The molecule has 1 saturated carbocycles. The Morgan fingerprint density at radius 2 is 1.58 bits per heavy atom. The van der Waals surface area contributed by atoms with Gasteiger partial charge in [0.1, 0.15) is 22.9 Å². The molecular weight excluding hydrogens is 400 g/mol. The largest absolute Gasteiger partial charge is 0.497 e. The standard InChI is InChI=1S/C24H34O7/c1-22(2,3)30-20(26)18-16(25)13-24(7,28)19(21(27)31-23(4,5)6)17(18)14-10-9-11-15(12-14)29-8/h9-12,17-19,28H,13H2,1-8H3. The van der Waals surface area contributed by atoms with Crippen LogP contribution in [0.2, 0.25) is 0 Å². The summed E-state index contributed by atoms with van der Waals surface area (Å²) < 4.78 is 16.4. The first-order chi connectivity index (χ1) is 14.1. The van der Waals surface area contributed by atoms with Crippen molar-refractivity contribution in [2.24, 2.45) is 11.8 Å². The van der Waals surface area contributed by atoms with Gasteiger partial charge in [-0.25, -0.2) is 0 Å². The highest BCUT2D eigenvalue weighted by Gasteiger charge is 2.57. The van der Waals surface area contributed by atoms with E-state index in [1.165, 1.54) is 14.0 Å². The summed E-state index contributed by atoms with van der Waals surface area (Å²) in [6.45, 7) is 11.7. The van der Waals surface area contributed by atoms with Crippen molar-refractivity contribution in [2.75, 3.05) is 7.11 Å².